The average Bonchev–Trinajstić information content (AvgIpc) is 3.23. The van der Waals surface area contributed by atoms with Gasteiger partial charge in [0.25, 0.3) is 0 Å². The molecule has 2 aliphatic carbocycles. The Balaban J connectivity index is 1.00. The monoisotopic (exact) mass is 495 g/mol. The van der Waals surface area contributed by atoms with Crippen LogP contribution < -0.4 is 10.6 Å². The molecular formula is C27H37N5O4. The molecule has 36 heavy (non-hydrogen) atoms. The lowest BCUT2D eigenvalue weighted by Crippen LogP contribution is -2.45. The van der Waals surface area contributed by atoms with Crippen molar-refractivity contribution in [3.05, 3.63) is 40.8 Å². The van der Waals surface area contributed by atoms with Crippen molar-refractivity contribution in [2.45, 2.75) is 76.4 Å². The van der Waals surface area contributed by atoms with E-state index >= 15 is 0 Å². The fourth-order valence-corrected chi connectivity index (χ4v) is 5.68. The quantitative estimate of drug-likeness (QED) is 0.464. The van der Waals surface area contributed by atoms with Gasteiger partial charge in [-0.05, 0) is 74.5 Å². The molecule has 9 nitrogen and oxygen atoms in total. The van der Waals surface area contributed by atoms with Crippen molar-refractivity contribution in [3.63, 3.8) is 0 Å². The number of hydrogen-bond acceptors (Lipinski definition) is 6. The van der Waals surface area contributed by atoms with Crippen LogP contribution in [-0.2, 0) is 47.1 Å². The van der Waals surface area contributed by atoms with Gasteiger partial charge in [0.15, 0.2) is 0 Å². The van der Waals surface area contributed by atoms with E-state index in [9.17, 15) is 14.7 Å². The van der Waals surface area contributed by atoms with Gasteiger partial charge in [0.05, 0.1) is 12.3 Å². The number of anilines is 1. The van der Waals surface area contributed by atoms with E-state index in [1.54, 1.807) is 0 Å². The number of carbonyl (C=O) groups excluding carboxylic acids is 1. The van der Waals surface area contributed by atoms with E-state index in [-0.39, 0.29) is 24.3 Å². The first kappa shape index (κ1) is 24.7. The van der Waals surface area contributed by atoms with Crippen LogP contribution in [-0.4, -0.2) is 57.0 Å². The van der Waals surface area contributed by atoms with Gasteiger partial charge in [-0.1, -0.05) is 6.07 Å². The zero-order valence-electron chi connectivity index (χ0n) is 21.0. The summed E-state index contributed by atoms with van der Waals surface area (Å²) >= 11 is 0. The zero-order chi connectivity index (χ0) is 25.1. The normalized spacial score (nSPS) is 23.5. The summed E-state index contributed by atoms with van der Waals surface area (Å²) in [4.78, 5) is 29.3. The van der Waals surface area contributed by atoms with E-state index < -0.39 is 12.0 Å². The highest BCUT2D eigenvalue weighted by atomic mass is 16.5. The highest BCUT2D eigenvalue weighted by Gasteiger charge is 2.32. The standard InChI is InChI=1S/C27H37N5O4/c1-32-24-15-19(5-6-20(24)16-29-32)26(33)31-23(27(34)35)10-12-36-22-13-17(14-22)4-8-21-9-7-18-3-2-11-28-25(18)30-21/h7,9,16-17,19,22-23H,2-6,8,10-15H2,1H3,(H,28,30)(H,31,33)(H,34,35)/t17-,19-,22-,23+/m1/s1. The molecule has 1 saturated carbocycles. The molecule has 3 N–H and O–H groups in total. The number of carboxylic acids is 1. The molecule has 2 aromatic heterocycles. The lowest BCUT2D eigenvalue weighted by molar-refractivity contribution is -0.143. The van der Waals surface area contributed by atoms with Crippen LogP contribution in [0, 0.1) is 11.8 Å². The third-order valence-corrected chi connectivity index (χ3v) is 8.05. The van der Waals surface area contributed by atoms with Crippen LogP contribution in [0.15, 0.2) is 18.3 Å². The summed E-state index contributed by atoms with van der Waals surface area (Å²) in [6.45, 7) is 1.34. The van der Waals surface area contributed by atoms with Crippen molar-refractivity contribution in [2.24, 2.45) is 18.9 Å². The Morgan fingerprint density at radius 3 is 2.97 bits per heavy atom. The van der Waals surface area contributed by atoms with Gasteiger partial charge in [-0.2, -0.15) is 5.10 Å². The number of nitrogens with zero attached hydrogens (tertiary/aromatic N) is 3. The van der Waals surface area contributed by atoms with Gasteiger partial charge in [0.1, 0.15) is 11.9 Å². The number of hydrogen-bond donors (Lipinski definition) is 3. The number of amides is 1. The molecular weight excluding hydrogens is 458 g/mol. The molecule has 0 aromatic carbocycles. The predicted molar refractivity (Wildman–Crippen MR) is 135 cm³/mol. The number of rotatable bonds is 10. The minimum absolute atomic E-state index is 0.180. The van der Waals surface area contributed by atoms with Crippen molar-refractivity contribution in [1.82, 2.24) is 20.1 Å². The third kappa shape index (κ3) is 5.72. The van der Waals surface area contributed by atoms with E-state index in [0.717, 1.165) is 62.3 Å². The number of nitrogens with one attached hydrogen (secondary N) is 2. The smallest absolute Gasteiger partial charge is 0.326 e. The highest BCUT2D eigenvalue weighted by molar-refractivity contribution is 5.85. The molecule has 1 fully saturated rings. The topological polar surface area (TPSA) is 118 Å². The van der Waals surface area contributed by atoms with Crippen LogP contribution in [0.25, 0.3) is 0 Å². The number of carboxylic acid groups (broad SMARTS) is 1. The van der Waals surface area contributed by atoms with Gasteiger partial charge in [0.2, 0.25) is 5.91 Å². The lowest BCUT2D eigenvalue weighted by Gasteiger charge is -2.35. The minimum atomic E-state index is -1.01. The molecule has 1 aliphatic heterocycles. The molecule has 3 heterocycles. The SMILES string of the molecule is Cn1ncc2c1C[C@H](C(=O)N[C@@H](CCO[C@H]1C[C@H](CCc3ccc4c(n3)NCCC4)C1)C(=O)O)CC2. The number of carbonyl (C=O) groups is 2. The molecule has 9 heteroatoms. The van der Waals surface area contributed by atoms with Crippen LogP contribution in [0.4, 0.5) is 5.82 Å². The summed E-state index contributed by atoms with van der Waals surface area (Å²) in [5.41, 5.74) is 4.71. The maximum Gasteiger partial charge on any atom is 0.326 e. The Bertz CT molecular complexity index is 1090. The predicted octanol–water partition coefficient (Wildman–Crippen LogP) is 2.67. The lowest BCUT2D eigenvalue weighted by atomic mass is 9.79. The summed E-state index contributed by atoms with van der Waals surface area (Å²) in [5, 5.41) is 20.0. The van der Waals surface area contributed by atoms with Gasteiger partial charge < -0.3 is 20.5 Å². The number of pyridine rings is 1. The third-order valence-electron chi connectivity index (χ3n) is 8.05. The first-order valence-electron chi connectivity index (χ1n) is 13.3. The van der Waals surface area contributed by atoms with Crippen molar-refractivity contribution in [1.29, 1.82) is 0 Å². The van der Waals surface area contributed by atoms with Crippen molar-refractivity contribution >= 4 is 17.7 Å². The second kappa shape index (κ2) is 11.0. The summed E-state index contributed by atoms with van der Waals surface area (Å²) in [5.74, 6) is 0.257. The molecule has 0 radical (unpaired) electrons. The van der Waals surface area contributed by atoms with Crippen LogP contribution in [0.3, 0.4) is 0 Å². The van der Waals surface area contributed by atoms with Crippen molar-refractivity contribution in [2.75, 3.05) is 18.5 Å². The van der Waals surface area contributed by atoms with E-state index in [0.29, 0.717) is 25.4 Å². The Labute approximate surface area is 212 Å². The molecule has 2 aromatic rings. The molecule has 0 bridgehead atoms. The van der Waals surface area contributed by atoms with Gasteiger partial charge in [0, 0.05) is 50.3 Å². The van der Waals surface area contributed by atoms with Crippen molar-refractivity contribution in [3.8, 4) is 0 Å². The fourth-order valence-electron chi connectivity index (χ4n) is 5.68. The fraction of sp³-hybridized carbons (Fsp3) is 0.630. The van der Waals surface area contributed by atoms with Gasteiger partial charge in [-0.15, -0.1) is 0 Å². The summed E-state index contributed by atoms with van der Waals surface area (Å²) < 4.78 is 7.75. The first-order chi connectivity index (χ1) is 17.5. The Hall–Kier alpha value is -2.94. The first-order valence-corrected chi connectivity index (χ1v) is 13.3. The molecule has 194 valence electrons. The summed E-state index contributed by atoms with van der Waals surface area (Å²) in [6, 6.07) is 3.44. The molecule has 0 spiro atoms. The van der Waals surface area contributed by atoms with Crippen LogP contribution in [0.1, 0.15) is 61.0 Å². The maximum atomic E-state index is 12.8. The van der Waals surface area contributed by atoms with E-state index in [1.165, 1.54) is 17.5 Å². The summed E-state index contributed by atoms with van der Waals surface area (Å²) in [7, 11) is 1.88. The summed E-state index contributed by atoms with van der Waals surface area (Å²) in [6.07, 6.45) is 10.8. The molecule has 0 saturated heterocycles. The molecule has 0 unspecified atom stereocenters. The Morgan fingerprint density at radius 2 is 2.14 bits per heavy atom. The van der Waals surface area contributed by atoms with Gasteiger partial charge in [-0.3, -0.25) is 9.48 Å². The minimum Gasteiger partial charge on any atom is -0.480 e. The molecule has 5 rings (SSSR count). The van der Waals surface area contributed by atoms with Crippen LogP contribution in [0.2, 0.25) is 0 Å². The van der Waals surface area contributed by atoms with Gasteiger partial charge in [-0.25, -0.2) is 9.78 Å². The second-order valence-corrected chi connectivity index (χ2v) is 10.6. The Kier molecular flexibility index (Phi) is 7.55. The highest BCUT2D eigenvalue weighted by Crippen LogP contribution is 2.34. The van der Waals surface area contributed by atoms with E-state index in [4.69, 9.17) is 9.72 Å². The largest absolute Gasteiger partial charge is 0.480 e. The van der Waals surface area contributed by atoms with Crippen LogP contribution >= 0.6 is 0 Å². The number of aromatic nitrogens is 3. The number of fused-ring (bicyclic) bond motifs is 2. The number of aliphatic carboxylic acids is 1. The van der Waals surface area contributed by atoms with Crippen molar-refractivity contribution < 1.29 is 19.4 Å². The van der Waals surface area contributed by atoms with E-state index in [2.05, 4.69) is 27.9 Å². The second-order valence-electron chi connectivity index (χ2n) is 10.6. The molecule has 3 aliphatic rings. The number of aryl methyl sites for hydroxylation is 4. The Morgan fingerprint density at radius 1 is 1.28 bits per heavy atom. The molecule has 2 atom stereocenters. The zero-order valence-corrected chi connectivity index (χ0v) is 21.0. The average molecular weight is 496 g/mol. The van der Waals surface area contributed by atoms with Gasteiger partial charge >= 0.3 is 5.97 Å². The molecule has 1 amide bonds. The van der Waals surface area contributed by atoms with Crippen LogP contribution in [0.5, 0.6) is 0 Å². The maximum absolute atomic E-state index is 12.8. The number of ether oxygens (including phenoxy) is 1. The van der Waals surface area contributed by atoms with E-state index in [1.807, 2.05) is 17.9 Å².